The molecule has 2 aromatic rings. The van der Waals surface area contributed by atoms with Gasteiger partial charge in [0.2, 0.25) is 11.1 Å². The molecule has 1 aliphatic rings. The van der Waals surface area contributed by atoms with Crippen LogP contribution in [0.25, 0.3) is 0 Å². The molecule has 0 aliphatic heterocycles. The van der Waals surface area contributed by atoms with E-state index in [1.807, 2.05) is 6.92 Å². The van der Waals surface area contributed by atoms with Gasteiger partial charge < -0.3 is 14.8 Å². The van der Waals surface area contributed by atoms with Crippen LogP contribution in [0.5, 0.6) is 11.5 Å². The normalized spacial score (nSPS) is 15.5. The highest BCUT2D eigenvalue weighted by Crippen LogP contribution is 2.29. The summed E-state index contributed by atoms with van der Waals surface area (Å²) in [6, 6.07) is 5.27. The first kappa shape index (κ1) is 19.5. The quantitative estimate of drug-likeness (QED) is 0.669. The van der Waals surface area contributed by atoms with Crippen LogP contribution in [0.4, 0.5) is 5.69 Å². The van der Waals surface area contributed by atoms with Crippen LogP contribution in [-0.4, -0.2) is 40.6 Å². The number of methoxy groups -OCH3 is 2. The number of nitrogens with zero attached hydrogens (tertiary/aromatic N) is 2. The second-order valence-electron chi connectivity index (χ2n) is 6.77. The monoisotopic (exact) mass is 390 g/mol. The number of benzene rings is 1. The molecule has 27 heavy (non-hydrogen) atoms. The average molecular weight is 391 g/mol. The van der Waals surface area contributed by atoms with E-state index < -0.39 is 0 Å². The molecule has 8 heteroatoms. The van der Waals surface area contributed by atoms with Gasteiger partial charge in [0.25, 0.3) is 0 Å². The second kappa shape index (κ2) is 9.12. The number of anilines is 1. The van der Waals surface area contributed by atoms with Gasteiger partial charge in [-0.15, -0.1) is 5.10 Å². The van der Waals surface area contributed by atoms with E-state index in [1.165, 1.54) is 37.4 Å². The summed E-state index contributed by atoms with van der Waals surface area (Å²) in [5.74, 6) is 2.73. The molecule has 1 atom stereocenters. The van der Waals surface area contributed by atoms with Crippen molar-refractivity contribution >= 4 is 23.4 Å². The molecule has 146 valence electrons. The van der Waals surface area contributed by atoms with E-state index in [9.17, 15) is 4.79 Å². The Labute approximate surface area is 163 Å². The smallest absolute Gasteiger partial charge is 0.237 e. The van der Waals surface area contributed by atoms with Gasteiger partial charge in [-0.25, -0.2) is 4.98 Å². The summed E-state index contributed by atoms with van der Waals surface area (Å²) in [6.45, 7) is 1.84. The van der Waals surface area contributed by atoms with E-state index >= 15 is 0 Å². The minimum absolute atomic E-state index is 0.127. The molecular formula is C19H26N4O3S. The molecule has 1 fully saturated rings. The molecule has 1 aliphatic carbocycles. The van der Waals surface area contributed by atoms with Gasteiger partial charge in [0.15, 0.2) is 0 Å². The average Bonchev–Trinajstić information content (AvgIpc) is 3.33. The molecule has 1 amide bonds. The molecule has 0 radical (unpaired) electrons. The summed E-state index contributed by atoms with van der Waals surface area (Å²) in [5.41, 5.74) is 0.626. The minimum atomic E-state index is -0.336. The van der Waals surface area contributed by atoms with Crippen molar-refractivity contribution in [1.82, 2.24) is 15.2 Å². The third kappa shape index (κ3) is 5.38. The highest BCUT2D eigenvalue weighted by atomic mass is 32.2. The molecule has 1 aromatic heterocycles. The van der Waals surface area contributed by atoms with Crippen LogP contribution < -0.4 is 14.8 Å². The van der Waals surface area contributed by atoms with E-state index in [4.69, 9.17) is 9.47 Å². The number of hydrogen-bond acceptors (Lipinski definition) is 6. The lowest BCUT2D eigenvalue weighted by Gasteiger charge is -2.12. The van der Waals surface area contributed by atoms with Crippen molar-refractivity contribution in [3.8, 4) is 11.5 Å². The Morgan fingerprint density at radius 2 is 1.93 bits per heavy atom. The maximum atomic E-state index is 12.5. The number of thioether (sulfide) groups is 1. The zero-order valence-corrected chi connectivity index (χ0v) is 16.8. The van der Waals surface area contributed by atoms with Crippen LogP contribution in [0, 0.1) is 5.92 Å². The number of ether oxygens (including phenoxy) is 2. The number of carbonyl (C=O) groups excluding carboxylic acids is 1. The van der Waals surface area contributed by atoms with Crippen LogP contribution in [0.2, 0.25) is 0 Å². The van der Waals surface area contributed by atoms with Crippen molar-refractivity contribution in [2.45, 2.75) is 49.4 Å². The summed E-state index contributed by atoms with van der Waals surface area (Å²) in [7, 11) is 3.15. The van der Waals surface area contributed by atoms with Crippen LogP contribution >= 0.6 is 11.8 Å². The number of aromatic amines is 1. The van der Waals surface area contributed by atoms with Crippen LogP contribution in [0.1, 0.15) is 38.4 Å². The summed E-state index contributed by atoms with van der Waals surface area (Å²) < 4.78 is 10.5. The van der Waals surface area contributed by atoms with Crippen molar-refractivity contribution < 1.29 is 14.3 Å². The molecule has 0 bridgehead atoms. The lowest BCUT2D eigenvalue weighted by molar-refractivity contribution is -0.115. The fourth-order valence-corrected chi connectivity index (χ4v) is 3.99. The summed E-state index contributed by atoms with van der Waals surface area (Å²) in [6.07, 6.45) is 6.11. The predicted molar refractivity (Wildman–Crippen MR) is 106 cm³/mol. The van der Waals surface area contributed by atoms with Gasteiger partial charge in [-0.05, 0) is 12.8 Å². The molecule has 0 spiro atoms. The maximum Gasteiger partial charge on any atom is 0.237 e. The largest absolute Gasteiger partial charge is 0.497 e. The first-order valence-electron chi connectivity index (χ1n) is 9.19. The number of rotatable bonds is 8. The van der Waals surface area contributed by atoms with Crippen molar-refractivity contribution in [2.75, 3.05) is 19.5 Å². The Morgan fingerprint density at radius 3 is 2.56 bits per heavy atom. The molecule has 1 aromatic carbocycles. The van der Waals surface area contributed by atoms with E-state index in [0.717, 1.165) is 12.2 Å². The number of aromatic nitrogens is 3. The van der Waals surface area contributed by atoms with E-state index in [2.05, 4.69) is 20.5 Å². The van der Waals surface area contributed by atoms with Gasteiger partial charge in [-0.2, -0.15) is 0 Å². The van der Waals surface area contributed by atoms with Gasteiger partial charge in [-0.1, -0.05) is 37.4 Å². The third-order valence-corrected chi connectivity index (χ3v) is 5.70. The van der Waals surface area contributed by atoms with Crippen molar-refractivity contribution in [3.05, 3.63) is 24.0 Å². The van der Waals surface area contributed by atoms with E-state index in [0.29, 0.717) is 28.3 Å². The first-order valence-corrected chi connectivity index (χ1v) is 10.1. The first-order chi connectivity index (χ1) is 13.1. The van der Waals surface area contributed by atoms with Gasteiger partial charge in [0, 0.05) is 30.3 Å². The Kier molecular flexibility index (Phi) is 6.60. The number of nitrogens with one attached hydrogen (secondary N) is 2. The maximum absolute atomic E-state index is 12.5. The molecule has 1 unspecified atom stereocenters. The molecule has 1 saturated carbocycles. The van der Waals surface area contributed by atoms with Crippen molar-refractivity contribution in [1.29, 1.82) is 0 Å². The van der Waals surface area contributed by atoms with E-state index in [1.54, 1.807) is 32.4 Å². The number of carbonyl (C=O) groups is 1. The Bertz CT molecular complexity index is 752. The Morgan fingerprint density at radius 1 is 1.26 bits per heavy atom. The van der Waals surface area contributed by atoms with Gasteiger partial charge in [-0.3, -0.25) is 9.89 Å². The Balaban J connectivity index is 1.57. The van der Waals surface area contributed by atoms with Crippen LogP contribution in [0.15, 0.2) is 23.4 Å². The standard InChI is InChI=1S/C19H26N4O3S/c1-12(18(24)20-14-9-15(25-2)11-16(10-14)26-3)27-19-21-17(22-23-19)8-13-6-4-5-7-13/h9-13H,4-8H2,1-3H3,(H,20,24)(H,21,22,23). The zero-order chi connectivity index (χ0) is 19.2. The van der Waals surface area contributed by atoms with Gasteiger partial charge in [0.1, 0.15) is 17.3 Å². The molecule has 7 nitrogen and oxygen atoms in total. The second-order valence-corrected chi connectivity index (χ2v) is 8.08. The summed E-state index contributed by atoms with van der Waals surface area (Å²) >= 11 is 1.34. The SMILES string of the molecule is COc1cc(NC(=O)C(C)Sc2n[nH]c(CC3CCCC3)n2)cc(OC)c1. The minimum Gasteiger partial charge on any atom is -0.497 e. The predicted octanol–water partition coefficient (Wildman–Crippen LogP) is 3.67. The summed E-state index contributed by atoms with van der Waals surface area (Å²) in [5, 5.41) is 10.4. The highest BCUT2D eigenvalue weighted by molar-refractivity contribution is 8.00. The lowest BCUT2D eigenvalue weighted by atomic mass is 10.0. The fourth-order valence-electron chi connectivity index (χ4n) is 3.24. The zero-order valence-electron chi connectivity index (χ0n) is 15.9. The van der Waals surface area contributed by atoms with Crippen LogP contribution in [-0.2, 0) is 11.2 Å². The number of amides is 1. The molecule has 1 heterocycles. The molecule has 2 N–H and O–H groups in total. The lowest BCUT2D eigenvalue weighted by Crippen LogP contribution is -2.22. The molecule has 0 saturated heterocycles. The summed E-state index contributed by atoms with van der Waals surface area (Å²) in [4.78, 5) is 17.1. The highest BCUT2D eigenvalue weighted by Gasteiger charge is 2.20. The molecule has 3 rings (SSSR count). The van der Waals surface area contributed by atoms with Gasteiger partial charge in [0.05, 0.1) is 19.5 Å². The van der Waals surface area contributed by atoms with E-state index in [-0.39, 0.29) is 11.2 Å². The third-order valence-electron chi connectivity index (χ3n) is 4.74. The Hall–Kier alpha value is -2.22. The number of hydrogen-bond donors (Lipinski definition) is 2. The van der Waals surface area contributed by atoms with Crippen molar-refractivity contribution in [2.24, 2.45) is 5.92 Å². The van der Waals surface area contributed by atoms with Crippen molar-refractivity contribution in [3.63, 3.8) is 0 Å². The topological polar surface area (TPSA) is 89.1 Å². The van der Waals surface area contributed by atoms with Gasteiger partial charge >= 0.3 is 0 Å². The molecular weight excluding hydrogens is 364 g/mol. The number of H-pyrrole nitrogens is 1. The fraction of sp³-hybridized carbons (Fsp3) is 0.526. The van der Waals surface area contributed by atoms with Crippen LogP contribution in [0.3, 0.4) is 0 Å².